The summed E-state index contributed by atoms with van der Waals surface area (Å²) < 4.78 is 14.9. The number of nitrogens with one attached hydrogen (secondary N) is 3. The van der Waals surface area contributed by atoms with Crippen LogP contribution in [0.5, 0.6) is 0 Å². The van der Waals surface area contributed by atoms with Gasteiger partial charge in [0, 0.05) is 44.5 Å². The summed E-state index contributed by atoms with van der Waals surface area (Å²) >= 11 is 7.54. The minimum Gasteiger partial charge on any atom is -0.361 e. The van der Waals surface area contributed by atoms with Gasteiger partial charge < -0.3 is 15.6 Å². The summed E-state index contributed by atoms with van der Waals surface area (Å²) in [7, 11) is 0. The Bertz CT molecular complexity index is 1150. The van der Waals surface area contributed by atoms with Crippen molar-refractivity contribution in [2.75, 3.05) is 23.7 Å². The van der Waals surface area contributed by atoms with Gasteiger partial charge in [-0.25, -0.2) is 4.39 Å². The zero-order valence-corrected chi connectivity index (χ0v) is 20.0. The van der Waals surface area contributed by atoms with E-state index >= 15 is 0 Å². The van der Waals surface area contributed by atoms with Crippen molar-refractivity contribution in [3.8, 4) is 0 Å². The van der Waals surface area contributed by atoms with Crippen LogP contribution in [0.1, 0.15) is 31.2 Å². The van der Waals surface area contributed by atoms with Gasteiger partial charge in [-0.15, -0.1) is 0 Å². The maximum absolute atomic E-state index is 14.1. The minimum atomic E-state index is -0.319. The number of rotatable bonds is 3. The molecule has 0 spiro atoms. The van der Waals surface area contributed by atoms with Crippen molar-refractivity contribution in [3.63, 3.8) is 0 Å². The zero-order chi connectivity index (χ0) is 21.4. The summed E-state index contributed by atoms with van der Waals surface area (Å²) in [4.78, 5) is 6.03. The molecule has 0 radical (unpaired) electrons. The van der Waals surface area contributed by atoms with Crippen LogP contribution in [0.25, 0.3) is 16.5 Å². The molecule has 2 aliphatic heterocycles. The van der Waals surface area contributed by atoms with E-state index in [9.17, 15) is 4.39 Å². The molecular formula is C24H24FIN4S. The van der Waals surface area contributed by atoms with E-state index in [1.165, 1.54) is 48.4 Å². The van der Waals surface area contributed by atoms with Gasteiger partial charge in [0.15, 0.2) is 5.11 Å². The highest BCUT2D eigenvalue weighted by molar-refractivity contribution is 14.1. The van der Waals surface area contributed by atoms with E-state index in [-0.39, 0.29) is 5.82 Å². The first kappa shape index (κ1) is 20.9. The lowest BCUT2D eigenvalue weighted by molar-refractivity contribution is 0.161. The Hall–Kier alpha value is -1.97. The first-order valence-corrected chi connectivity index (χ1v) is 12.1. The molecule has 0 amide bonds. The maximum atomic E-state index is 14.1. The first-order chi connectivity index (χ1) is 15.1. The SMILES string of the molecule is Fc1cccc(I)c1NC(=S)Nc1ccc2[nH]cc(C3=CCN4CCCCC4C3)c2c1. The van der Waals surface area contributed by atoms with Crippen LogP contribution < -0.4 is 10.6 Å². The van der Waals surface area contributed by atoms with Crippen LogP contribution >= 0.6 is 34.8 Å². The fourth-order valence-corrected chi connectivity index (χ4v) is 5.49. The van der Waals surface area contributed by atoms with Gasteiger partial charge in [0.05, 0.1) is 5.69 Å². The summed E-state index contributed by atoms with van der Waals surface area (Å²) in [5, 5.41) is 7.76. The number of halogens is 2. The van der Waals surface area contributed by atoms with Crippen molar-refractivity contribution < 1.29 is 4.39 Å². The largest absolute Gasteiger partial charge is 0.361 e. The molecule has 1 atom stereocenters. The second kappa shape index (κ2) is 8.88. The monoisotopic (exact) mass is 546 g/mol. The van der Waals surface area contributed by atoms with Gasteiger partial charge in [-0.1, -0.05) is 18.6 Å². The highest BCUT2D eigenvalue weighted by Crippen LogP contribution is 2.35. The summed E-state index contributed by atoms with van der Waals surface area (Å²) in [5.74, 6) is -0.319. The summed E-state index contributed by atoms with van der Waals surface area (Å²) in [5.41, 5.74) is 5.08. The number of fused-ring (bicyclic) bond motifs is 2. The van der Waals surface area contributed by atoms with E-state index in [1.807, 2.05) is 12.1 Å². The number of piperidine rings is 1. The molecule has 1 aromatic heterocycles. The van der Waals surface area contributed by atoms with Crippen LogP contribution in [0.2, 0.25) is 0 Å². The topological polar surface area (TPSA) is 43.1 Å². The number of nitrogens with zero attached hydrogens (tertiary/aromatic N) is 1. The lowest BCUT2D eigenvalue weighted by Gasteiger charge is -2.38. The highest BCUT2D eigenvalue weighted by Gasteiger charge is 2.27. The normalized spacial score (nSPS) is 19.0. The second-order valence-corrected chi connectivity index (χ2v) is 9.79. The molecular weight excluding hydrogens is 522 g/mol. The Balaban J connectivity index is 1.37. The molecule has 2 aromatic carbocycles. The number of benzene rings is 2. The highest BCUT2D eigenvalue weighted by atomic mass is 127. The van der Waals surface area contributed by atoms with Crippen LogP contribution in [-0.4, -0.2) is 34.1 Å². The molecule has 0 saturated carbocycles. The molecule has 7 heteroatoms. The molecule has 31 heavy (non-hydrogen) atoms. The van der Waals surface area contributed by atoms with Crippen LogP contribution in [0.15, 0.2) is 48.7 Å². The maximum Gasteiger partial charge on any atom is 0.175 e. The molecule has 3 N–H and O–H groups in total. The fourth-order valence-electron chi connectivity index (χ4n) is 4.67. The van der Waals surface area contributed by atoms with Gasteiger partial charge in [0.1, 0.15) is 5.82 Å². The summed E-state index contributed by atoms with van der Waals surface area (Å²) in [6.45, 7) is 2.27. The number of thiocarbonyl (C=S) groups is 1. The molecule has 0 bridgehead atoms. The average Bonchev–Trinajstić information content (AvgIpc) is 3.19. The van der Waals surface area contributed by atoms with E-state index in [2.05, 4.69) is 67.5 Å². The second-order valence-electron chi connectivity index (χ2n) is 8.22. The van der Waals surface area contributed by atoms with E-state index in [0.717, 1.165) is 27.7 Å². The zero-order valence-electron chi connectivity index (χ0n) is 17.1. The number of anilines is 2. The molecule has 160 valence electrons. The van der Waals surface area contributed by atoms with Crippen LogP contribution in [0, 0.1) is 9.39 Å². The van der Waals surface area contributed by atoms with Crippen molar-refractivity contribution in [2.45, 2.75) is 31.7 Å². The Kier molecular flexibility index (Phi) is 5.99. The number of hydrogen-bond acceptors (Lipinski definition) is 2. The standard InChI is InChI=1S/C24H24FIN4S/c25-20-5-3-6-21(26)23(20)29-24(31)28-16-7-8-22-18(13-16)19(14-27-22)15-9-11-30-10-2-1-4-17(30)12-15/h3,5-9,13-14,17,27H,1-2,4,10-12H2,(H2,28,29,31). The third-order valence-electron chi connectivity index (χ3n) is 6.26. The fraction of sp³-hybridized carbons (Fsp3) is 0.292. The molecule has 2 aliphatic rings. The third kappa shape index (κ3) is 4.36. The molecule has 1 unspecified atom stereocenters. The van der Waals surface area contributed by atoms with Crippen LogP contribution in [-0.2, 0) is 0 Å². The molecule has 3 heterocycles. The Morgan fingerprint density at radius 3 is 2.97 bits per heavy atom. The molecule has 5 rings (SSSR count). The summed E-state index contributed by atoms with van der Waals surface area (Å²) in [6, 6.07) is 11.8. The van der Waals surface area contributed by atoms with Gasteiger partial charge in [-0.05, 0) is 96.5 Å². The number of para-hydroxylation sites is 1. The molecule has 4 nitrogen and oxygen atoms in total. The van der Waals surface area contributed by atoms with Gasteiger partial charge in [-0.3, -0.25) is 4.90 Å². The molecule has 1 fully saturated rings. The molecule has 0 aliphatic carbocycles. The van der Waals surface area contributed by atoms with Gasteiger partial charge in [0.2, 0.25) is 0 Å². The van der Waals surface area contributed by atoms with Crippen LogP contribution in [0.4, 0.5) is 15.8 Å². The van der Waals surface area contributed by atoms with E-state index in [1.54, 1.807) is 6.07 Å². The Morgan fingerprint density at radius 1 is 1.19 bits per heavy atom. The van der Waals surface area contributed by atoms with Gasteiger partial charge in [-0.2, -0.15) is 0 Å². The Labute approximate surface area is 200 Å². The quantitative estimate of drug-likeness (QED) is 0.264. The first-order valence-electron chi connectivity index (χ1n) is 10.6. The third-order valence-corrected chi connectivity index (χ3v) is 7.37. The number of H-pyrrole nitrogens is 1. The van der Waals surface area contributed by atoms with E-state index < -0.39 is 0 Å². The van der Waals surface area contributed by atoms with E-state index in [4.69, 9.17) is 12.2 Å². The van der Waals surface area contributed by atoms with Crippen molar-refractivity contribution in [1.29, 1.82) is 0 Å². The van der Waals surface area contributed by atoms with Crippen molar-refractivity contribution >= 4 is 67.8 Å². The number of aromatic amines is 1. The van der Waals surface area contributed by atoms with Crippen molar-refractivity contribution in [1.82, 2.24) is 9.88 Å². The predicted molar refractivity (Wildman–Crippen MR) is 139 cm³/mol. The molecule has 1 saturated heterocycles. The predicted octanol–water partition coefficient (Wildman–Crippen LogP) is 6.36. The lowest BCUT2D eigenvalue weighted by atomic mass is 9.89. The number of hydrogen-bond donors (Lipinski definition) is 3. The van der Waals surface area contributed by atoms with Gasteiger partial charge >= 0.3 is 0 Å². The van der Waals surface area contributed by atoms with Crippen molar-refractivity contribution in [2.24, 2.45) is 0 Å². The van der Waals surface area contributed by atoms with Crippen LogP contribution in [0.3, 0.4) is 0 Å². The smallest absolute Gasteiger partial charge is 0.175 e. The molecule has 3 aromatic rings. The van der Waals surface area contributed by atoms with E-state index in [0.29, 0.717) is 16.8 Å². The Morgan fingerprint density at radius 2 is 2.10 bits per heavy atom. The van der Waals surface area contributed by atoms with Gasteiger partial charge in [0.25, 0.3) is 0 Å². The lowest BCUT2D eigenvalue weighted by Crippen LogP contribution is -2.41. The summed E-state index contributed by atoms with van der Waals surface area (Å²) in [6.07, 6.45) is 9.56. The number of aromatic nitrogens is 1. The van der Waals surface area contributed by atoms with Crippen molar-refractivity contribution in [3.05, 3.63) is 63.6 Å². The average molecular weight is 546 g/mol. The minimum absolute atomic E-state index is 0.319.